The number of carbonyl (C=O) groups excluding carboxylic acids is 1. The first-order valence-electron chi connectivity index (χ1n) is 8.84. The average Bonchev–Trinajstić information content (AvgIpc) is 3.22. The van der Waals surface area contributed by atoms with Crippen LogP contribution in [0.5, 0.6) is 11.5 Å². The van der Waals surface area contributed by atoms with Gasteiger partial charge in [0.25, 0.3) is 0 Å². The summed E-state index contributed by atoms with van der Waals surface area (Å²) in [5, 5.41) is 0. The predicted octanol–water partition coefficient (Wildman–Crippen LogP) is 2.33. The van der Waals surface area contributed by atoms with Crippen LogP contribution < -0.4 is 9.47 Å². The number of rotatable bonds is 5. The molecule has 3 rings (SSSR count). The standard InChI is InChI=1S/C19H28N2O3/c1-20-10-4-6-15(20)16-7-5-11-21(16)19(22)13-14-8-9-17(23-2)18(12-14)24-3/h8-9,12,15-16H,4-7,10-11,13H2,1-3H3/t15-,16+/m0/s1. The van der Waals surface area contributed by atoms with Crippen molar-refractivity contribution in [3.05, 3.63) is 23.8 Å². The van der Waals surface area contributed by atoms with E-state index in [1.165, 1.54) is 12.8 Å². The van der Waals surface area contributed by atoms with Gasteiger partial charge < -0.3 is 19.3 Å². The number of hydrogen-bond donors (Lipinski definition) is 0. The Morgan fingerprint density at radius 1 is 1.08 bits per heavy atom. The van der Waals surface area contributed by atoms with Crippen LogP contribution in [0.4, 0.5) is 0 Å². The molecule has 132 valence electrons. The van der Waals surface area contributed by atoms with E-state index < -0.39 is 0 Å². The lowest BCUT2D eigenvalue weighted by atomic mass is 10.0. The molecule has 2 atom stereocenters. The Bertz CT molecular complexity index is 590. The van der Waals surface area contributed by atoms with E-state index in [1.807, 2.05) is 18.2 Å². The van der Waals surface area contributed by atoms with Gasteiger partial charge in [0.1, 0.15) is 0 Å². The molecular weight excluding hydrogens is 304 g/mol. The summed E-state index contributed by atoms with van der Waals surface area (Å²) >= 11 is 0. The second kappa shape index (κ2) is 7.43. The number of carbonyl (C=O) groups is 1. The van der Waals surface area contributed by atoms with E-state index in [4.69, 9.17) is 9.47 Å². The van der Waals surface area contributed by atoms with Crippen LogP contribution >= 0.6 is 0 Å². The van der Waals surface area contributed by atoms with Crippen molar-refractivity contribution in [2.24, 2.45) is 0 Å². The van der Waals surface area contributed by atoms with Gasteiger partial charge in [0.2, 0.25) is 5.91 Å². The van der Waals surface area contributed by atoms with Crippen LogP contribution in [0.3, 0.4) is 0 Å². The normalized spacial score (nSPS) is 24.4. The molecule has 24 heavy (non-hydrogen) atoms. The van der Waals surface area contributed by atoms with Gasteiger partial charge in [-0.15, -0.1) is 0 Å². The van der Waals surface area contributed by atoms with Gasteiger partial charge in [0.15, 0.2) is 11.5 Å². The van der Waals surface area contributed by atoms with Crippen LogP contribution in [0.2, 0.25) is 0 Å². The summed E-state index contributed by atoms with van der Waals surface area (Å²) in [5.74, 6) is 1.60. The molecule has 1 amide bonds. The van der Waals surface area contributed by atoms with E-state index >= 15 is 0 Å². The van der Waals surface area contributed by atoms with E-state index in [9.17, 15) is 4.79 Å². The van der Waals surface area contributed by atoms with Gasteiger partial charge in [-0.2, -0.15) is 0 Å². The second-order valence-electron chi connectivity index (χ2n) is 6.85. The lowest BCUT2D eigenvalue weighted by Gasteiger charge is -2.33. The fourth-order valence-corrected chi connectivity index (χ4v) is 4.19. The molecule has 0 spiro atoms. The minimum Gasteiger partial charge on any atom is -0.493 e. The number of methoxy groups -OCH3 is 2. The molecule has 0 saturated carbocycles. The van der Waals surface area contributed by atoms with Crippen molar-refractivity contribution in [2.75, 3.05) is 34.4 Å². The molecule has 0 aromatic heterocycles. The number of benzene rings is 1. The van der Waals surface area contributed by atoms with E-state index in [1.54, 1.807) is 14.2 Å². The highest BCUT2D eigenvalue weighted by Crippen LogP contribution is 2.31. The number of likely N-dealkylation sites (tertiary alicyclic amines) is 2. The Labute approximate surface area is 144 Å². The SMILES string of the molecule is COc1ccc(CC(=O)N2CCC[C@@H]2[C@@H]2CCCN2C)cc1OC. The summed E-state index contributed by atoms with van der Waals surface area (Å²) in [6.07, 6.45) is 5.13. The number of amides is 1. The Hall–Kier alpha value is -1.75. The van der Waals surface area contributed by atoms with Crippen molar-refractivity contribution in [2.45, 2.75) is 44.2 Å². The molecule has 0 bridgehead atoms. The van der Waals surface area contributed by atoms with Crippen molar-refractivity contribution in [1.29, 1.82) is 0 Å². The van der Waals surface area contributed by atoms with Crippen LogP contribution in [-0.4, -0.2) is 62.1 Å². The molecule has 1 aromatic carbocycles. The van der Waals surface area contributed by atoms with Gasteiger partial charge in [-0.05, 0) is 57.0 Å². The van der Waals surface area contributed by atoms with Gasteiger partial charge in [-0.25, -0.2) is 0 Å². The number of likely N-dealkylation sites (N-methyl/N-ethyl adjacent to an activating group) is 1. The van der Waals surface area contributed by atoms with Crippen molar-refractivity contribution in [1.82, 2.24) is 9.80 Å². The monoisotopic (exact) mass is 332 g/mol. The molecule has 2 fully saturated rings. The maximum atomic E-state index is 12.9. The van der Waals surface area contributed by atoms with Gasteiger partial charge in [0, 0.05) is 18.6 Å². The third kappa shape index (κ3) is 3.36. The third-order valence-corrected chi connectivity index (χ3v) is 5.44. The molecule has 0 radical (unpaired) electrons. The highest BCUT2D eigenvalue weighted by molar-refractivity contribution is 5.79. The molecule has 5 heteroatoms. The zero-order chi connectivity index (χ0) is 17.1. The van der Waals surface area contributed by atoms with Crippen LogP contribution in [0.25, 0.3) is 0 Å². The maximum absolute atomic E-state index is 12.9. The molecule has 1 aromatic rings. The number of ether oxygens (including phenoxy) is 2. The summed E-state index contributed by atoms with van der Waals surface area (Å²) in [7, 11) is 5.43. The number of hydrogen-bond acceptors (Lipinski definition) is 4. The molecule has 2 aliphatic heterocycles. The topological polar surface area (TPSA) is 42.0 Å². The molecular formula is C19H28N2O3. The van der Waals surface area contributed by atoms with Crippen molar-refractivity contribution >= 4 is 5.91 Å². The van der Waals surface area contributed by atoms with Gasteiger partial charge in [-0.1, -0.05) is 6.07 Å². The third-order valence-electron chi connectivity index (χ3n) is 5.44. The predicted molar refractivity (Wildman–Crippen MR) is 93.6 cm³/mol. The highest BCUT2D eigenvalue weighted by atomic mass is 16.5. The molecule has 0 unspecified atom stereocenters. The van der Waals surface area contributed by atoms with Crippen LogP contribution in [-0.2, 0) is 11.2 Å². The van der Waals surface area contributed by atoms with E-state index in [0.717, 1.165) is 31.5 Å². The largest absolute Gasteiger partial charge is 0.493 e. The van der Waals surface area contributed by atoms with Gasteiger partial charge >= 0.3 is 0 Å². The summed E-state index contributed by atoms with van der Waals surface area (Å²) < 4.78 is 10.6. The van der Waals surface area contributed by atoms with Gasteiger partial charge in [0.05, 0.1) is 20.6 Å². The molecule has 2 aliphatic rings. The zero-order valence-corrected chi connectivity index (χ0v) is 15.0. The van der Waals surface area contributed by atoms with Crippen LogP contribution in [0, 0.1) is 0 Å². The van der Waals surface area contributed by atoms with Crippen LogP contribution in [0.1, 0.15) is 31.2 Å². The second-order valence-corrected chi connectivity index (χ2v) is 6.85. The van der Waals surface area contributed by atoms with Crippen molar-refractivity contribution in [3.8, 4) is 11.5 Å². The molecule has 2 saturated heterocycles. The molecule has 5 nitrogen and oxygen atoms in total. The number of nitrogens with zero attached hydrogens (tertiary/aromatic N) is 2. The van der Waals surface area contributed by atoms with Crippen molar-refractivity contribution < 1.29 is 14.3 Å². The van der Waals surface area contributed by atoms with E-state index in [-0.39, 0.29) is 5.91 Å². The fourth-order valence-electron chi connectivity index (χ4n) is 4.19. The first-order chi connectivity index (χ1) is 11.6. The van der Waals surface area contributed by atoms with Crippen LogP contribution in [0.15, 0.2) is 18.2 Å². The minimum atomic E-state index is 0.227. The zero-order valence-electron chi connectivity index (χ0n) is 15.0. The summed E-state index contributed by atoms with van der Waals surface area (Å²) in [4.78, 5) is 17.4. The van der Waals surface area contributed by atoms with E-state index in [2.05, 4.69) is 16.8 Å². The highest BCUT2D eigenvalue weighted by Gasteiger charge is 2.38. The first kappa shape index (κ1) is 17.1. The smallest absolute Gasteiger partial charge is 0.227 e. The lowest BCUT2D eigenvalue weighted by molar-refractivity contribution is -0.132. The summed E-state index contributed by atoms with van der Waals surface area (Å²) in [6, 6.07) is 6.63. The first-order valence-corrected chi connectivity index (χ1v) is 8.84. The maximum Gasteiger partial charge on any atom is 0.227 e. The minimum absolute atomic E-state index is 0.227. The van der Waals surface area contributed by atoms with E-state index in [0.29, 0.717) is 30.0 Å². The fraction of sp³-hybridized carbons (Fsp3) is 0.632. The average molecular weight is 332 g/mol. The Morgan fingerprint density at radius 2 is 1.79 bits per heavy atom. The van der Waals surface area contributed by atoms with Gasteiger partial charge in [-0.3, -0.25) is 4.79 Å². The Kier molecular flexibility index (Phi) is 5.29. The summed E-state index contributed by atoms with van der Waals surface area (Å²) in [5.41, 5.74) is 0.975. The Morgan fingerprint density at radius 3 is 2.46 bits per heavy atom. The quantitative estimate of drug-likeness (QED) is 0.830. The molecule has 2 heterocycles. The van der Waals surface area contributed by atoms with Crippen molar-refractivity contribution in [3.63, 3.8) is 0 Å². The lowest BCUT2D eigenvalue weighted by Crippen LogP contribution is -2.47. The summed E-state index contributed by atoms with van der Waals surface area (Å²) in [6.45, 7) is 2.04. The molecule has 0 N–H and O–H groups in total. The molecule has 0 aliphatic carbocycles. The Balaban J connectivity index is 1.70.